The van der Waals surface area contributed by atoms with Gasteiger partial charge in [-0.3, -0.25) is 0 Å². The molecule has 16 heavy (non-hydrogen) atoms. The number of likely N-dealkylation sites (N-methyl/N-ethyl adjacent to an activating group) is 1. The van der Waals surface area contributed by atoms with Gasteiger partial charge in [0, 0.05) is 30.4 Å². The van der Waals surface area contributed by atoms with Crippen molar-refractivity contribution in [2.24, 2.45) is 0 Å². The highest BCUT2D eigenvalue weighted by Crippen LogP contribution is 2.39. The molecule has 1 heterocycles. The summed E-state index contributed by atoms with van der Waals surface area (Å²) in [6, 6.07) is 1.84. The average molecular weight is 222 g/mol. The number of nitrogen functional groups attached to an aromatic ring is 1. The van der Waals surface area contributed by atoms with E-state index in [1.807, 2.05) is 6.07 Å². The highest BCUT2D eigenvalue weighted by Gasteiger charge is 2.22. The van der Waals surface area contributed by atoms with Crippen molar-refractivity contribution in [1.82, 2.24) is 4.90 Å². The van der Waals surface area contributed by atoms with Gasteiger partial charge in [-0.25, -0.2) is 0 Å². The van der Waals surface area contributed by atoms with Gasteiger partial charge in [0.2, 0.25) is 0 Å². The van der Waals surface area contributed by atoms with Crippen LogP contribution in [0.1, 0.15) is 11.1 Å². The van der Waals surface area contributed by atoms with Gasteiger partial charge in [-0.2, -0.15) is 0 Å². The molecule has 2 N–H and O–H groups in total. The molecule has 0 radical (unpaired) electrons. The molecular formula is C12H18N2O2. The molecule has 0 saturated carbocycles. The molecule has 4 nitrogen and oxygen atoms in total. The first-order chi connectivity index (χ1) is 7.67. The van der Waals surface area contributed by atoms with Crippen molar-refractivity contribution in [3.05, 3.63) is 17.2 Å². The van der Waals surface area contributed by atoms with Crippen molar-refractivity contribution in [3.8, 4) is 11.5 Å². The summed E-state index contributed by atoms with van der Waals surface area (Å²) < 4.78 is 10.7. The second-order valence-corrected chi connectivity index (χ2v) is 4.15. The Bertz CT molecular complexity index is 404. The number of rotatable bonds is 2. The zero-order chi connectivity index (χ0) is 11.7. The van der Waals surface area contributed by atoms with Crippen LogP contribution < -0.4 is 15.2 Å². The third-order valence-electron chi connectivity index (χ3n) is 3.09. The van der Waals surface area contributed by atoms with Crippen LogP contribution in [-0.4, -0.2) is 32.7 Å². The first-order valence-corrected chi connectivity index (χ1v) is 5.38. The molecule has 0 atom stereocenters. The minimum Gasteiger partial charge on any atom is -0.493 e. The standard InChI is InChI=1S/C12H18N2O2/c1-14-5-4-8-9(7-14)10(13)6-11(15-2)12(8)16-3/h6H,4-5,7,13H2,1-3H3. The lowest BCUT2D eigenvalue weighted by Crippen LogP contribution is -2.27. The van der Waals surface area contributed by atoms with Gasteiger partial charge in [-0.1, -0.05) is 0 Å². The SMILES string of the molecule is COc1cc(N)c2c(c1OC)CCN(C)C2. The zero-order valence-electron chi connectivity index (χ0n) is 10.0. The minimum atomic E-state index is 0.725. The zero-order valence-corrected chi connectivity index (χ0v) is 10.0. The minimum absolute atomic E-state index is 0.725. The summed E-state index contributed by atoms with van der Waals surface area (Å²) in [5.41, 5.74) is 9.20. The maximum Gasteiger partial charge on any atom is 0.164 e. The molecule has 0 unspecified atom stereocenters. The Balaban J connectivity index is 2.56. The lowest BCUT2D eigenvalue weighted by atomic mass is 9.96. The molecule has 1 aliphatic rings. The number of nitrogens with two attached hydrogens (primary N) is 1. The number of hydrogen-bond acceptors (Lipinski definition) is 4. The molecule has 1 aromatic rings. The normalized spacial score (nSPS) is 15.7. The summed E-state index contributed by atoms with van der Waals surface area (Å²) in [5, 5.41) is 0. The van der Waals surface area contributed by atoms with Crippen LogP contribution in [0.25, 0.3) is 0 Å². The largest absolute Gasteiger partial charge is 0.493 e. The molecule has 1 aromatic carbocycles. The van der Waals surface area contributed by atoms with Gasteiger partial charge in [0.05, 0.1) is 14.2 Å². The van der Waals surface area contributed by atoms with Crippen LogP contribution in [0.4, 0.5) is 5.69 Å². The Morgan fingerprint density at radius 3 is 2.62 bits per heavy atom. The fraction of sp³-hybridized carbons (Fsp3) is 0.500. The monoisotopic (exact) mass is 222 g/mol. The van der Waals surface area contributed by atoms with Gasteiger partial charge < -0.3 is 20.1 Å². The van der Waals surface area contributed by atoms with Gasteiger partial charge in [-0.05, 0) is 19.0 Å². The Kier molecular flexibility index (Phi) is 2.92. The molecule has 0 amide bonds. The summed E-state index contributed by atoms with van der Waals surface area (Å²) in [6.07, 6.45) is 0.955. The van der Waals surface area contributed by atoms with Gasteiger partial charge in [-0.15, -0.1) is 0 Å². The van der Waals surface area contributed by atoms with Gasteiger partial charge in [0.1, 0.15) is 0 Å². The first kappa shape index (κ1) is 11.1. The summed E-state index contributed by atoms with van der Waals surface area (Å²) >= 11 is 0. The maximum atomic E-state index is 6.04. The van der Waals surface area contributed by atoms with E-state index in [2.05, 4.69) is 11.9 Å². The van der Waals surface area contributed by atoms with Crippen LogP contribution in [0, 0.1) is 0 Å². The van der Waals surface area contributed by atoms with Crippen molar-refractivity contribution >= 4 is 5.69 Å². The van der Waals surface area contributed by atoms with E-state index in [4.69, 9.17) is 15.2 Å². The van der Waals surface area contributed by atoms with E-state index in [0.717, 1.165) is 36.7 Å². The van der Waals surface area contributed by atoms with E-state index >= 15 is 0 Å². The smallest absolute Gasteiger partial charge is 0.164 e. The average Bonchev–Trinajstić information content (AvgIpc) is 2.29. The Morgan fingerprint density at radius 1 is 1.25 bits per heavy atom. The third-order valence-corrected chi connectivity index (χ3v) is 3.09. The Hall–Kier alpha value is -1.42. The van der Waals surface area contributed by atoms with Crippen LogP contribution in [-0.2, 0) is 13.0 Å². The van der Waals surface area contributed by atoms with Crippen molar-refractivity contribution in [2.45, 2.75) is 13.0 Å². The molecule has 0 spiro atoms. The topological polar surface area (TPSA) is 47.7 Å². The van der Waals surface area contributed by atoms with Crippen molar-refractivity contribution in [1.29, 1.82) is 0 Å². The molecule has 0 fully saturated rings. The van der Waals surface area contributed by atoms with Crippen LogP contribution in [0.3, 0.4) is 0 Å². The predicted octanol–water partition coefficient (Wildman–Crippen LogP) is 1.27. The van der Waals surface area contributed by atoms with E-state index in [-0.39, 0.29) is 0 Å². The van der Waals surface area contributed by atoms with E-state index in [1.165, 1.54) is 11.1 Å². The van der Waals surface area contributed by atoms with Crippen molar-refractivity contribution in [2.75, 3.05) is 33.5 Å². The number of methoxy groups -OCH3 is 2. The Labute approximate surface area is 95.9 Å². The first-order valence-electron chi connectivity index (χ1n) is 5.38. The van der Waals surface area contributed by atoms with E-state index in [0.29, 0.717) is 0 Å². The van der Waals surface area contributed by atoms with Crippen LogP contribution in [0.5, 0.6) is 11.5 Å². The van der Waals surface area contributed by atoms with Crippen molar-refractivity contribution in [3.63, 3.8) is 0 Å². The van der Waals surface area contributed by atoms with Gasteiger partial charge in [0.15, 0.2) is 11.5 Å². The van der Waals surface area contributed by atoms with Crippen LogP contribution >= 0.6 is 0 Å². The second kappa shape index (κ2) is 4.22. The quantitative estimate of drug-likeness (QED) is 0.766. The summed E-state index contributed by atoms with van der Waals surface area (Å²) in [7, 11) is 5.41. The molecule has 0 aromatic heterocycles. The fourth-order valence-corrected chi connectivity index (χ4v) is 2.23. The molecule has 0 aliphatic carbocycles. The predicted molar refractivity (Wildman–Crippen MR) is 64.0 cm³/mol. The maximum absolute atomic E-state index is 6.04. The number of benzene rings is 1. The Morgan fingerprint density at radius 2 is 2.00 bits per heavy atom. The van der Waals surface area contributed by atoms with Crippen LogP contribution in [0.2, 0.25) is 0 Å². The number of hydrogen-bond donors (Lipinski definition) is 1. The third kappa shape index (κ3) is 1.69. The van der Waals surface area contributed by atoms with Crippen molar-refractivity contribution < 1.29 is 9.47 Å². The number of anilines is 1. The van der Waals surface area contributed by atoms with Gasteiger partial charge >= 0.3 is 0 Å². The summed E-state index contributed by atoms with van der Waals surface area (Å²) in [6.45, 7) is 1.90. The lowest BCUT2D eigenvalue weighted by Gasteiger charge is -2.28. The number of nitrogens with zero attached hydrogens (tertiary/aromatic N) is 1. The highest BCUT2D eigenvalue weighted by molar-refractivity contribution is 5.63. The van der Waals surface area contributed by atoms with Crippen LogP contribution in [0.15, 0.2) is 6.07 Å². The molecule has 4 heteroatoms. The second-order valence-electron chi connectivity index (χ2n) is 4.15. The molecule has 1 aliphatic heterocycles. The number of ether oxygens (including phenoxy) is 2. The molecule has 0 saturated heterocycles. The van der Waals surface area contributed by atoms with E-state index < -0.39 is 0 Å². The lowest BCUT2D eigenvalue weighted by molar-refractivity contribution is 0.301. The summed E-state index contributed by atoms with van der Waals surface area (Å²) in [5.74, 6) is 1.56. The molecule has 2 rings (SSSR count). The van der Waals surface area contributed by atoms with Gasteiger partial charge in [0.25, 0.3) is 0 Å². The number of fused-ring (bicyclic) bond motifs is 1. The molecule has 0 bridgehead atoms. The highest BCUT2D eigenvalue weighted by atomic mass is 16.5. The van der Waals surface area contributed by atoms with E-state index in [9.17, 15) is 0 Å². The fourth-order valence-electron chi connectivity index (χ4n) is 2.23. The summed E-state index contributed by atoms with van der Waals surface area (Å²) in [4.78, 5) is 2.25. The molecule has 88 valence electrons. The molecular weight excluding hydrogens is 204 g/mol. The van der Waals surface area contributed by atoms with E-state index in [1.54, 1.807) is 14.2 Å².